The first-order chi connectivity index (χ1) is 12.0. The Morgan fingerprint density at radius 3 is 2.24 bits per heavy atom. The molecule has 0 atom stereocenters. The van der Waals surface area contributed by atoms with E-state index in [1.165, 1.54) is 6.92 Å². The molecule has 1 fully saturated rings. The first-order valence-corrected chi connectivity index (χ1v) is 8.55. The lowest BCUT2D eigenvalue weighted by Crippen LogP contribution is -2.38. The summed E-state index contributed by atoms with van der Waals surface area (Å²) < 4.78 is 10.5. The zero-order chi connectivity index (χ0) is 18.2. The van der Waals surface area contributed by atoms with E-state index in [9.17, 15) is 9.59 Å². The Bertz CT molecular complexity index is 647. The third-order valence-corrected chi connectivity index (χ3v) is 4.15. The summed E-state index contributed by atoms with van der Waals surface area (Å²) in [5, 5.41) is 2.67. The van der Waals surface area contributed by atoms with Crippen molar-refractivity contribution < 1.29 is 19.1 Å². The van der Waals surface area contributed by atoms with E-state index in [0.29, 0.717) is 11.5 Å². The van der Waals surface area contributed by atoms with E-state index in [1.54, 1.807) is 32.4 Å². The van der Waals surface area contributed by atoms with E-state index in [4.69, 9.17) is 9.47 Å². The Kier molecular flexibility index (Phi) is 6.86. The standard InChI is InChI=1S/C19H26N2O4/c1-14(22)20-16(19(23)21-10-6-4-5-7-11-21)12-15-8-9-17(24-2)18(13-15)25-3/h8-9,12-13H,4-7,10-11H2,1-3H3,(H,20,22)/b16-12+. The first kappa shape index (κ1) is 18.8. The third-order valence-electron chi connectivity index (χ3n) is 4.15. The van der Waals surface area contributed by atoms with E-state index in [2.05, 4.69) is 5.32 Å². The normalized spacial score (nSPS) is 15.3. The number of methoxy groups -OCH3 is 2. The van der Waals surface area contributed by atoms with Crippen LogP contribution in [0.5, 0.6) is 11.5 Å². The van der Waals surface area contributed by atoms with Gasteiger partial charge in [-0.25, -0.2) is 0 Å². The number of carbonyl (C=O) groups is 2. The number of ether oxygens (including phenoxy) is 2. The molecule has 1 aromatic rings. The van der Waals surface area contributed by atoms with Crippen LogP contribution in [0, 0.1) is 0 Å². The Morgan fingerprint density at radius 2 is 1.68 bits per heavy atom. The molecule has 2 amide bonds. The van der Waals surface area contributed by atoms with Crippen LogP contribution in [-0.4, -0.2) is 44.0 Å². The molecule has 0 bridgehead atoms. The van der Waals surface area contributed by atoms with Gasteiger partial charge in [-0.2, -0.15) is 0 Å². The minimum Gasteiger partial charge on any atom is -0.493 e. The van der Waals surface area contributed by atoms with Crippen molar-refractivity contribution in [3.63, 3.8) is 0 Å². The zero-order valence-corrected chi connectivity index (χ0v) is 15.1. The second-order valence-corrected chi connectivity index (χ2v) is 6.06. The van der Waals surface area contributed by atoms with Crippen molar-refractivity contribution in [3.8, 4) is 11.5 Å². The Balaban J connectivity index is 2.30. The maximum absolute atomic E-state index is 12.9. The van der Waals surface area contributed by atoms with E-state index in [-0.39, 0.29) is 17.5 Å². The third kappa shape index (κ3) is 5.24. The number of hydrogen-bond donors (Lipinski definition) is 1. The van der Waals surface area contributed by atoms with Crippen LogP contribution in [0.25, 0.3) is 6.08 Å². The SMILES string of the molecule is COc1ccc(/C=C(/NC(C)=O)C(=O)N2CCCCCC2)cc1OC. The van der Waals surface area contributed by atoms with Gasteiger partial charge in [-0.3, -0.25) is 9.59 Å². The summed E-state index contributed by atoms with van der Waals surface area (Å²) in [5.41, 5.74) is 1.03. The van der Waals surface area contributed by atoms with E-state index >= 15 is 0 Å². The van der Waals surface area contributed by atoms with Gasteiger partial charge in [0, 0.05) is 20.0 Å². The lowest BCUT2D eigenvalue weighted by Gasteiger charge is -2.22. The predicted molar refractivity (Wildman–Crippen MR) is 96.4 cm³/mol. The molecule has 1 saturated heterocycles. The summed E-state index contributed by atoms with van der Waals surface area (Å²) in [6.45, 7) is 2.85. The van der Waals surface area contributed by atoms with Gasteiger partial charge in [0.25, 0.3) is 5.91 Å². The number of benzene rings is 1. The summed E-state index contributed by atoms with van der Waals surface area (Å²) in [7, 11) is 3.13. The van der Waals surface area contributed by atoms with Crippen LogP contribution in [0.15, 0.2) is 23.9 Å². The molecule has 0 saturated carbocycles. The molecule has 2 rings (SSSR count). The quantitative estimate of drug-likeness (QED) is 0.832. The number of rotatable bonds is 5. The molecule has 1 aromatic carbocycles. The van der Waals surface area contributed by atoms with Crippen molar-refractivity contribution in [2.75, 3.05) is 27.3 Å². The molecule has 1 aliphatic rings. The molecule has 1 heterocycles. The number of hydrogen-bond acceptors (Lipinski definition) is 4. The molecule has 1 N–H and O–H groups in total. The molecule has 25 heavy (non-hydrogen) atoms. The highest BCUT2D eigenvalue weighted by Crippen LogP contribution is 2.28. The van der Waals surface area contributed by atoms with Crippen LogP contribution >= 0.6 is 0 Å². The summed E-state index contributed by atoms with van der Waals surface area (Å²) in [6, 6.07) is 5.36. The molecule has 1 aliphatic heterocycles. The lowest BCUT2D eigenvalue weighted by molar-refractivity contribution is -0.129. The predicted octanol–water partition coefficient (Wildman–Crippen LogP) is 2.58. The molecule has 136 valence electrons. The minimum atomic E-state index is -0.269. The summed E-state index contributed by atoms with van der Waals surface area (Å²) in [4.78, 5) is 26.2. The van der Waals surface area contributed by atoms with E-state index in [0.717, 1.165) is 44.3 Å². The van der Waals surface area contributed by atoms with Crippen molar-refractivity contribution in [1.82, 2.24) is 10.2 Å². The Hall–Kier alpha value is -2.50. The van der Waals surface area contributed by atoms with Crippen LogP contribution in [0.2, 0.25) is 0 Å². The Morgan fingerprint density at radius 1 is 1.04 bits per heavy atom. The van der Waals surface area contributed by atoms with E-state index in [1.807, 2.05) is 11.0 Å². The van der Waals surface area contributed by atoms with Gasteiger partial charge in [0.05, 0.1) is 14.2 Å². The van der Waals surface area contributed by atoms with Crippen molar-refractivity contribution in [2.24, 2.45) is 0 Å². The average molecular weight is 346 g/mol. The lowest BCUT2D eigenvalue weighted by atomic mass is 10.1. The van der Waals surface area contributed by atoms with Crippen molar-refractivity contribution in [3.05, 3.63) is 29.5 Å². The highest BCUT2D eigenvalue weighted by atomic mass is 16.5. The average Bonchev–Trinajstić information content (AvgIpc) is 2.89. The summed E-state index contributed by atoms with van der Waals surface area (Å²) >= 11 is 0. The number of amides is 2. The van der Waals surface area contributed by atoms with Gasteiger partial charge in [-0.1, -0.05) is 18.9 Å². The minimum absolute atomic E-state index is 0.146. The van der Waals surface area contributed by atoms with Gasteiger partial charge in [0.2, 0.25) is 5.91 Å². The van der Waals surface area contributed by atoms with Crippen LogP contribution in [-0.2, 0) is 9.59 Å². The van der Waals surface area contributed by atoms with Gasteiger partial charge in [-0.05, 0) is 36.6 Å². The molecule has 0 radical (unpaired) electrons. The largest absolute Gasteiger partial charge is 0.493 e. The van der Waals surface area contributed by atoms with Crippen LogP contribution in [0.4, 0.5) is 0 Å². The van der Waals surface area contributed by atoms with Gasteiger partial charge in [0.1, 0.15) is 5.70 Å². The van der Waals surface area contributed by atoms with Crippen LogP contribution < -0.4 is 14.8 Å². The molecule has 0 spiro atoms. The molecule has 6 heteroatoms. The molecular weight excluding hydrogens is 320 g/mol. The van der Waals surface area contributed by atoms with Gasteiger partial charge >= 0.3 is 0 Å². The highest BCUT2D eigenvalue weighted by molar-refractivity contribution is 6.01. The summed E-state index contributed by atoms with van der Waals surface area (Å²) in [5.74, 6) is 0.766. The topological polar surface area (TPSA) is 67.9 Å². The Labute approximate surface area is 148 Å². The van der Waals surface area contributed by atoms with Crippen molar-refractivity contribution >= 4 is 17.9 Å². The van der Waals surface area contributed by atoms with Gasteiger partial charge in [0.15, 0.2) is 11.5 Å². The number of nitrogens with zero attached hydrogens (tertiary/aromatic N) is 1. The fourth-order valence-corrected chi connectivity index (χ4v) is 2.89. The van der Waals surface area contributed by atoms with Crippen molar-refractivity contribution in [1.29, 1.82) is 0 Å². The monoisotopic (exact) mass is 346 g/mol. The van der Waals surface area contributed by atoms with Gasteiger partial charge < -0.3 is 19.7 Å². The number of nitrogens with one attached hydrogen (secondary N) is 1. The maximum atomic E-state index is 12.9. The second kappa shape index (κ2) is 9.11. The number of carbonyl (C=O) groups excluding carboxylic acids is 2. The van der Waals surface area contributed by atoms with E-state index < -0.39 is 0 Å². The second-order valence-electron chi connectivity index (χ2n) is 6.06. The summed E-state index contributed by atoms with van der Waals surface area (Å²) in [6.07, 6.45) is 5.94. The molecular formula is C19H26N2O4. The van der Waals surface area contributed by atoms with Crippen LogP contribution in [0.3, 0.4) is 0 Å². The maximum Gasteiger partial charge on any atom is 0.270 e. The highest BCUT2D eigenvalue weighted by Gasteiger charge is 2.20. The van der Waals surface area contributed by atoms with Gasteiger partial charge in [-0.15, -0.1) is 0 Å². The molecule has 6 nitrogen and oxygen atoms in total. The van der Waals surface area contributed by atoms with Crippen molar-refractivity contribution in [2.45, 2.75) is 32.6 Å². The fourth-order valence-electron chi connectivity index (χ4n) is 2.89. The first-order valence-electron chi connectivity index (χ1n) is 8.55. The molecule has 0 aromatic heterocycles. The molecule has 0 unspecified atom stereocenters. The smallest absolute Gasteiger partial charge is 0.270 e. The zero-order valence-electron chi connectivity index (χ0n) is 15.1. The van der Waals surface area contributed by atoms with Crippen LogP contribution in [0.1, 0.15) is 38.2 Å². The fraction of sp³-hybridized carbons (Fsp3) is 0.474. The molecule has 0 aliphatic carbocycles. The number of likely N-dealkylation sites (tertiary alicyclic amines) is 1.